The summed E-state index contributed by atoms with van der Waals surface area (Å²) in [5.74, 6) is 0.714. The molecule has 0 heterocycles. The van der Waals surface area contributed by atoms with Gasteiger partial charge in [-0.3, -0.25) is 0 Å². The molecule has 0 bridgehead atoms. The van der Waals surface area contributed by atoms with Gasteiger partial charge in [-0.25, -0.2) is 0 Å². The van der Waals surface area contributed by atoms with Crippen molar-refractivity contribution in [3.05, 3.63) is 0 Å². The van der Waals surface area contributed by atoms with Gasteiger partial charge in [0.25, 0.3) is 0 Å². The molecule has 0 N–H and O–H groups in total. The Morgan fingerprint density at radius 3 is 2.64 bits per heavy atom. The fraction of sp³-hybridized carbons (Fsp3) is 0.889. The Morgan fingerprint density at radius 1 is 1.36 bits per heavy atom. The Labute approximate surface area is 69.3 Å². The molecule has 0 aromatic heterocycles. The van der Waals surface area contributed by atoms with Crippen LogP contribution in [0.4, 0.5) is 0 Å². The summed E-state index contributed by atoms with van der Waals surface area (Å²) >= 11 is 0. The van der Waals surface area contributed by atoms with E-state index in [1.165, 1.54) is 31.4 Å². The van der Waals surface area contributed by atoms with Gasteiger partial charge in [0.15, 0.2) is 0 Å². The number of hydrazone groups is 1. The van der Waals surface area contributed by atoms with E-state index in [4.69, 9.17) is 0 Å². The molecule has 0 unspecified atom stereocenters. The first-order valence-electron chi connectivity index (χ1n) is 4.45. The van der Waals surface area contributed by atoms with Gasteiger partial charge in [0.2, 0.25) is 0 Å². The van der Waals surface area contributed by atoms with Gasteiger partial charge in [-0.15, -0.1) is 0 Å². The molecule has 0 aromatic carbocycles. The van der Waals surface area contributed by atoms with E-state index < -0.39 is 0 Å². The van der Waals surface area contributed by atoms with Gasteiger partial charge in [0.05, 0.1) is 0 Å². The maximum absolute atomic E-state index is 4.47. The zero-order valence-electron chi connectivity index (χ0n) is 7.80. The lowest BCUT2D eigenvalue weighted by molar-refractivity contribution is 0.422. The molecule has 0 aliphatic heterocycles. The van der Waals surface area contributed by atoms with Crippen molar-refractivity contribution in [3.8, 4) is 0 Å². The SMILES string of the molecule is C[C@H]1CCCC/C1=N/N(C)C. The molecule has 1 rings (SSSR count). The van der Waals surface area contributed by atoms with Crippen LogP contribution in [0, 0.1) is 5.92 Å². The van der Waals surface area contributed by atoms with Crippen LogP contribution < -0.4 is 0 Å². The summed E-state index contributed by atoms with van der Waals surface area (Å²) in [5.41, 5.74) is 1.39. The fourth-order valence-corrected chi connectivity index (χ4v) is 1.58. The van der Waals surface area contributed by atoms with E-state index in [0.717, 1.165) is 0 Å². The molecular weight excluding hydrogens is 136 g/mol. The highest BCUT2D eigenvalue weighted by Gasteiger charge is 2.15. The number of rotatable bonds is 1. The monoisotopic (exact) mass is 154 g/mol. The molecule has 2 heteroatoms. The minimum Gasteiger partial charge on any atom is -0.303 e. The van der Waals surface area contributed by atoms with E-state index in [0.29, 0.717) is 5.92 Å². The third kappa shape index (κ3) is 2.52. The number of hydrogen-bond donors (Lipinski definition) is 0. The van der Waals surface area contributed by atoms with Crippen LogP contribution in [0.5, 0.6) is 0 Å². The Balaban J connectivity index is 2.53. The minimum absolute atomic E-state index is 0.714. The topological polar surface area (TPSA) is 15.6 Å². The molecule has 0 aromatic rings. The second-order valence-corrected chi connectivity index (χ2v) is 3.59. The molecule has 1 saturated carbocycles. The molecule has 0 spiro atoms. The van der Waals surface area contributed by atoms with Gasteiger partial charge in [-0.05, 0) is 25.2 Å². The van der Waals surface area contributed by atoms with Gasteiger partial charge >= 0.3 is 0 Å². The predicted molar refractivity (Wildman–Crippen MR) is 48.8 cm³/mol. The first kappa shape index (κ1) is 8.57. The zero-order chi connectivity index (χ0) is 8.27. The number of hydrogen-bond acceptors (Lipinski definition) is 2. The van der Waals surface area contributed by atoms with Gasteiger partial charge in [0.1, 0.15) is 0 Å². The molecule has 64 valence electrons. The van der Waals surface area contributed by atoms with Crippen molar-refractivity contribution in [1.29, 1.82) is 0 Å². The van der Waals surface area contributed by atoms with Crippen molar-refractivity contribution in [2.24, 2.45) is 11.0 Å². The van der Waals surface area contributed by atoms with E-state index in [9.17, 15) is 0 Å². The van der Waals surface area contributed by atoms with Crippen molar-refractivity contribution in [2.45, 2.75) is 32.6 Å². The molecule has 0 amide bonds. The lowest BCUT2D eigenvalue weighted by Crippen LogP contribution is -2.19. The first-order valence-corrected chi connectivity index (χ1v) is 4.45. The number of nitrogens with zero attached hydrogens (tertiary/aromatic N) is 2. The van der Waals surface area contributed by atoms with E-state index >= 15 is 0 Å². The Kier molecular flexibility index (Phi) is 2.92. The predicted octanol–water partition coefficient (Wildman–Crippen LogP) is 2.11. The van der Waals surface area contributed by atoms with Gasteiger partial charge < -0.3 is 5.01 Å². The third-order valence-electron chi connectivity index (χ3n) is 2.22. The standard InChI is InChI=1S/C9H18N2/c1-8-6-4-5-7-9(8)10-11(2)3/h8H,4-7H2,1-3H3/b10-9-/t8-/m0/s1. The van der Waals surface area contributed by atoms with Gasteiger partial charge in [0, 0.05) is 19.8 Å². The third-order valence-corrected chi connectivity index (χ3v) is 2.22. The highest BCUT2D eigenvalue weighted by atomic mass is 15.4. The summed E-state index contributed by atoms with van der Waals surface area (Å²) in [6, 6.07) is 0. The molecule has 0 radical (unpaired) electrons. The maximum atomic E-state index is 4.47. The van der Waals surface area contributed by atoms with Crippen LogP contribution in [0.15, 0.2) is 5.10 Å². The maximum Gasteiger partial charge on any atom is 0.0408 e. The molecule has 0 saturated heterocycles. The van der Waals surface area contributed by atoms with E-state index in [1.807, 2.05) is 19.1 Å². The van der Waals surface area contributed by atoms with Crippen LogP contribution in [0.25, 0.3) is 0 Å². The first-order chi connectivity index (χ1) is 5.20. The summed E-state index contributed by atoms with van der Waals surface area (Å²) in [5, 5.41) is 6.38. The zero-order valence-corrected chi connectivity index (χ0v) is 7.80. The largest absolute Gasteiger partial charge is 0.303 e. The molecular formula is C9H18N2. The summed E-state index contributed by atoms with van der Waals surface area (Å²) in [7, 11) is 3.99. The average Bonchev–Trinajstić information content (AvgIpc) is 1.93. The van der Waals surface area contributed by atoms with Gasteiger partial charge in [-0.2, -0.15) is 5.10 Å². The lowest BCUT2D eigenvalue weighted by atomic mass is 9.89. The van der Waals surface area contributed by atoms with Crippen LogP contribution in [0.1, 0.15) is 32.6 Å². The van der Waals surface area contributed by atoms with Crippen LogP contribution in [0.3, 0.4) is 0 Å². The summed E-state index contributed by atoms with van der Waals surface area (Å²) in [4.78, 5) is 0. The molecule has 1 atom stereocenters. The van der Waals surface area contributed by atoms with Crippen LogP contribution >= 0.6 is 0 Å². The summed E-state index contributed by atoms with van der Waals surface area (Å²) in [6.07, 6.45) is 5.25. The van der Waals surface area contributed by atoms with Crippen molar-refractivity contribution in [2.75, 3.05) is 14.1 Å². The van der Waals surface area contributed by atoms with Crippen LogP contribution in [-0.2, 0) is 0 Å². The normalized spacial score (nSPS) is 29.0. The van der Waals surface area contributed by atoms with E-state index in [2.05, 4.69) is 12.0 Å². The molecule has 1 fully saturated rings. The quantitative estimate of drug-likeness (QED) is 0.528. The van der Waals surface area contributed by atoms with Crippen LogP contribution in [-0.4, -0.2) is 24.8 Å². The van der Waals surface area contributed by atoms with Crippen molar-refractivity contribution < 1.29 is 0 Å². The van der Waals surface area contributed by atoms with Crippen molar-refractivity contribution in [3.63, 3.8) is 0 Å². The highest BCUT2D eigenvalue weighted by Crippen LogP contribution is 2.21. The molecule has 11 heavy (non-hydrogen) atoms. The lowest BCUT2D eigenvalue weighted by Gasteiger charge is -2.21. The van der Waals surface area contributed by atoms with Crippen molar-refractivity contribution in [1.82, 2.24) is 5.01 Å². The Bertz CT molecular complexity index is 150. The van der Waals surface area contributed by atoms with Crippen LogP contribution in [0.2, 0.25) is 0 Å². The second kappa shape index (κ2) is 3.74. The van der Waals surface area contributed by atoms with Gasteiger partial charge in [-0.1, -0.05) is 13.3 Å². The minimum atomic E-state index is 0.714. The Morgan fingerprint density at radius 2 is 2.09 bits per heavy atom. The Hall–Kier alpha value is -0.530. The van der Waals surface area contributed by atoms with E-state index in [1.54, 1.807) is 0 Å². The van der Waals surface area contributed by atoms with Crippen molar-refractivity contribution >= 4 is 5.71 Å². The molecule has 2 nitrogen and oxygen atoms in total. The van der Waals surface area contributed by atoms with E-state index in [-0.39, 0.29) is 0 Å². The highest BCUT2D eigenvalue weighted by molar-refractivity contribution is 5.86. The second-order valence-electron chi connectivity index (χ2n) is 3.59. The summed E-state index contributed by atoms with van der Waals surface area (Å²) in [6.45, 7) is 2.28. The summed E-state index contributed by atoms with van der Waals surface area (Å²) < 4.78 is 0. The fourth-order valence-electron chi connectivity index (χ4n) is 1.58. The average molecular weight is 154 g/mol. The smallest absolute Gasteiger partial charge is 0.0408 e. The molecule has 1 aliphatic carbocycles. The molecule has 1 aliphatic rings.